The minimum Gasteiger partial charge on any atom is -0.337 e. The molecule has 0 atom stereocenters. The molecule has 6 nitrogen and oxygen atoms in total. The number of benzene rings is 2. The lowest BCUT2D eigenvalue weighted by Crippen LogP contribution is -2.36. The maximum Gasteiger partial charge on any atom is 0.253 e. The Labute approximate surface area is 176 Å². The van der Waals surface area contributed by atoms with Gasteiger partial charge in [0.25, 0.3) is 5.91 Å². The largest absolute Gasteiger partial charge is 0.337 e. The number of amides is 1. The van der Waals surface area contributed by atoms with Gasteiger partial charge in [-0.25, -0.2) is 4.98 Å². The Morgan fingerprint density at radius 3 is 2.45 bits per heavy atom. The molecule has 152 valence electrons. The zero-order valence-electron chi connectivity index (χ0n) is 16.3. The average molecular weight is 412 g/mol. The highest BCUT2D eigenvalue weighted by Gasteiger charge is 2.27. The predicted molar refractivity (Wildman–Crippen MR) is 116 cm³/mol. The molecule has 0 aliphatic heterocycles. The number of nitrogens with one attached hydrogen (secondary N) is 1. The Balaban J connectivity index is 0.00000240. The van der Waals surface area contributed by atoms with E-state index in [0.29, 0.717) is 36.9 Å². The van der Waals surface area contributed by atoms with Crippen LogP contribution in [0.25, 0.3) is 11.4 Å². The summed E-state index contributed by atoms with van der Waals surface area (Å²) >= 11 is 0. The third kappa shape index (κ3) is 5.22. The smallest absolute Gasteiger partial charge is 0.253 e. The maximum absolute atomic E-state index is 12.9. The van der Waals surface area contributed by atoms with E-state index >= 15 is 0 Å². The summed E-state index contributed by atoms with van der Waals surface area (Å²) in [5.41, 5.74) is 8.51. The number of carbonyl (C=O) groups is 1. The molecule has 4 rings (SSSR count). The van der Waals surface area contributed by atoms with E-state index in [1.165, 1.54) is 18.4 Å². The second-order valence-corrected chi connectivity index (χ2v) is 7.21. The Morgan fingerprint density at radius 2 is 1.79 bits per heavy atom. The van der Waals surface area contributed by atoms with Gasteiger partial charge in [0.15, 0.2) is 5.82 Å². The van der Waals surface area contributed by atoms with E-state index in [0.717, 1.165) is 17.8 Å². The van der Waals surface area contributed by atoms with Crippen molar-refractivity contribution in [3.8, 4) is 11.4 Å². The number of aromatic amines is 1. The minimum absolute atomic E-state index is 0. The van der Waals surface area contributed by atoms with Crippen molar-refractivity contribution in [1.29, 1.82) is 0 Å². The van der Waals surface area contributed by atoms with Crippen LogP contribution >= 0.6 is 12.4 Å². The summed E-state index contributed by atoms with van der Waals surface area (Å²) in [6.07, 6.45) is 3.18. The van der Waals surface area contributed by atoms with E-state index in [1.807, 2.05) is 47.4 Å². The van der Waals surface area contributed by atoms with Gasteiger partial charge in [0, 0.05) is 36.7 Å². The van der Waals surface area contributed by atoms with Crippen molar-refractivity contribution in [1.82, 2.24) is 20.1 Å². The van der Waals surface area contributed by atoms with Crippen LogP contribution in [-0.2, 0) is 6.42 Å². The Bertz CT molecular complexity index is 922. The van der Waals surface area contributed by atoms with Crippen molar-refractivity contribution < 1.29 is 4.79 Å². The van der Waals surface area contributed by atoms with E-state index in [-0.39, 0.29) is 18.3 Å². The first-order valence-corrected chi connectivity index (χ1v) is 9.80. The van der Waals surface area contributed by atoms with Gasteiger partial charge in [0.1, 0.15) is 5.82 Å². The molecule has 1 fully saturated rings. The minimum atomic E-state index is 0. The van der Waals surface area contributed by atoms with Crippen molar-refractivity contribution in [2.24, 2.45) is 5.73 Å². The quantitative estimate of drug-likeness (QED) is 0.594. The number of nitrogens with two attached hydrogens (primary N) is 1. The second kappa shape index (κ2) is 9.67. The monoisotopic (exact) mass is 411 g/mol. The van der Waals surface area contributed by atoms with Gasteiger partial charge in [-0.15, -0.1) is 12.4 Å². The van der Waals surface area contributed by atoms with E-state index in [9.17, 15) is 4.79 Å². The summed E-state index contributed by atoms with van der Waals surface area (Å²) in [6, 6.07) is 17.7. The Hall–Kier alpha value is -2.70. The zero-order valence-corrected chi connectivity index (χ0v) is 17.1. The van der Waals surface area contributed by atoms with Crippen LogP contribution in [0.15, 0.2) is 54.6 Å². The number of hydrogen-bond donors (Lipinski definition) is 2. The van der Waals surface area contributed by atoms with Gasteiger partial charge >= 0.3 is 0 Å². The summed E-state index contributed by atoms with van der Waals surface area (Å²) in [4.78, 5) is 19.3. The molecule has 1 amide bonds. The number of H-pyrrole nitrogens is 1. The van der Waals surface area contributed by atoms with Crippen molar-refractivity contribution in [2.45, 2.75) is 25.2 Å². The highest BCUT2D eigenvalue weighted by molar-refractivity contribution is 5.94. The van der Waals surface area contributed by atoms with Crippen LogP contribution in [-0.4, -0.2) is 45.6 Å². The van der Waals surface area contributed by atoms with Crippen molar-refractivity contribution in [3.63, 3.8) is 0 Å². The van der Waals surface area contributed by atoms with Gasteiger partial charge in [0.2, 0.25) is 0 Å². The van der Waals surface area contributed by atoms with Crippen LogP contribution < -0.4 is 5.73 Å². The first kappa shape index (κ1) is 21.0. The van der Waals surface area contributed by atoms with Crippen LogP contribution in [0.4, 0.5) is 0 Å². The predicted octanol–water partition coefficient (Wildman–Crippen LogP) is 3.41. The number of carbonyl (C=O) groups excluding carboxylic acids is 1. The van der Waals surface area contributed by atoms with E-state index in [1.54, 1.807) is 0 Å². The lowest BCUT2D eigenvalue weighted by atomic mass is 10.1. The third-order valence-electron chi connectivity index (χ3n) is 5.06. The number of rotatable bonds is 8. The molecule has 0 unspecified atom stereocenters. The molecular weight excluding hydrogens is 386 g/mol. The molecule has 1 aliphatic carbocycles. The average Bonchev–Trinajstić information content (AvgIpc) is 3.48. The maximum atomic E-state index is 12.9. The molecule has 3 N–H and O–H groups in total. The Morgan fingerprint density at radius 1 is 1.07 bits per heavy atom. The van der Waals surface area contributed by atoms with Crippen LogP contribution in [0.2, 0.25) is 0 Å². The fourth-order valence-corrected chi connectivity index (χ4v) is 3.27. The molecular formula is C22H26ClN5O. The summed E-state index contributed by atoms with van der Waals surface area (Å²) in [6.45, 7) is 1.63. The lowest BCUT2D eigenvalue weighted by molar-refractivity contribution is 0.0762. The Kier molecular flexibility index (Phi) is 7.01. The molecule has 2 aromatic carbocycles. The first-order valence-electron chi connectivity index (χ1n) is 9.80. The SMILES string of the molecule is Cl.NCCN(CCc1ccccc1)C(=O)c1ccc(-c2n[nH]c(C3CC3)n2)cc1. The highest BCUT2D eigenvalue weighted by atomic mass is 35.5. The number of halogens is 1. The van der Waals surface area contributed by atoms with Gasteiger partial charge in [-0.05, 0) is 37.0 Å². The molecule has 7 heteroatoms. The lowest BCUT2D eigenvalue weighted by Gasteiger charge is -2.22. The summed E-state index contributed by atoms with van der Waals surface area (Å²) in [7, 11) is 0. The number of aromatic nitrogens is 3. The second-order valence-electron chi connectivity index (χ2n) is 7.21. The molecule has 3 aromatic rings. The van der Waals surface area contributed by atoms with Gasteiger partial charge in [0.05, 0.1) is 0 Å². The molecule has 0 saturated heterocycles. The van der Waals surface area contributed by atoms with Gasteiger partial charge < -0.3 is 10.6 Å². The molecule has 29 heavy (non-hydrogen) atoms. The first-order chi connectivity index (χ1) is 13.7. The topological polar surface area (TPSA) is 87.9 Å². The van der Waals surface area contributed by atoms with Crippen LogP contribution in [0.5, 0.6) is 0 Å². The third-order valence-corrected chi connectivity index (χ3v) is 5.06. The summed E-state index contributed by atoms with van der Waals surface area (Å²) in [5.74, 6) is 2.19. The van der Waals surface area contributed by atoms with E-state index < -0.39 is 0 Å². The van der Waals surface area contributed by atoms with Crippen molar-refractivity contribution in [3.05, 3.63) is 71.5 Å². The van der Waals surface area contributed by atoms with Crippen LogP contribution in [0.1, 0.15) is 40.5 Å². The molecule has 1 saturated carbocycles. The van der Waals surface area contributed by atoms with E-state index in [2.05, 4.69) is 27.3 Å². The summed E-state index contributed by atoms with van der Waals surface area (Å²) < 4.78 is 0. The highest BCUT2D eigenvalue weighted by Crippen LogP contribution is 2.38. The fraction of sp³-hybridized carbons (Fsp3) is 0.318. The van der Waals surface area contributed by atoms with Crippen LogP contribution in [0.3, 0.4) is 0 Å². The fourth-order valence-electron chi connectivity index (χ4n) is 3.27. The molecule has 1 aromatic heterocycles. The molecule has 1 aliphatic rings. The summed E-state index contributed by atoms with van der Waals surface area (Å²) in [5, 5.41) is 7.32. The van der Waals surface area contributed by atoms with Crippen molar-refractivity contribution >= 4 is 18.3 Å². The standard InChI is InChI=1S/C22H25N5O.ClH/c23-13-15-27(14-12-16-4-2-1-3-5-16)22(28)19-10-8-18(9-11-19)21-24-20(25-26-21)17-6-7-17;/h1-5,8-11,17H,6-7,12-15,23H2,(H,24,25,26);1H. The number of nitrogens with zero attached hydrogens (tertiary/aromatic N) is 3. The zero-order chi connectivity index (χ0) is 19.3. The number of hydrogen-bond acceptors (Lipinski definition) is 4. The van der Waals surface area contributed by atoms with Gasteiger partial charge in [-0.2, -0.15) is 5.10 Å². The molecule has 0 bridgehead atoms. The van der Waals surface area contributed by atoms with E-state index in [4.69, 9.17) is 5.73 Å². The molecule has 1 heterocycles. The molecule has 0 spiro atoms. The van der Waals surface area contributed by atoms with Crippen molar-refractivity contribution in [2.75, 3.05) is 19.6 Å². The molecule has 0 radical (unpaired) electrons. The van der Waals surface area contributed by atoms with Gasteiger partial charge in [-0.3, -0.25) is 9.89 Å². The van der Waals surface area contributed by atoms with Gasteiger partial charge in [-0.1, -0.05) is 42.5 Å². The van der Waals surface area contributed by atoms with Crippen LogP contribution in [0, 0.1) is 0 Å². The normalized spacial score (nSPS) is 13.0.